The van der Waals surface area contributed by atoms with Gasteiger partial charge in [-0.2, -0.15) is 0 Å². The van der Waals surface area contributed by atoms with E-state index in [1.807, 2.05) is 6.07 Å². The van der Waals surface area contributed by atoms with Crippen molar-refractivity contribution in [1.29, 1.82) is 0 Å². The normalized spacial score (nSPS) is 10.5. The van der Waals surface area contributed by atoms with Crippen LogP contribution in [-0.4, -0.2) is 11.7 Å². The summed E-state index contributed by atoms with van der Waals surface area (Å²) >= 11 is 0. The number of nitrogens with two attached hydrogens (primary N) is 1. The van der Waals surface area contributed by atoms with E-state index in [4.69, 9.17) is 10.8 Å². The molecule has 3 N–H and O–H groups in total. The van der Waals surface area contributed by atoms with E-state index in [1.54, 1.807) is 0 Å². The fraction of sp³-hybridized carbons (Fsp3) is 0.500. The first-order chi connectivity index (χ1) is 6.76. The number of benzene rings is 1. The van der Waals surface area contributed by atoms with Crippen LogP contribution in [0.3, 0.4) is 0 Å². The lowest BCUT2D eigenvalue weighted by Gasteiger charge is -2.05. The van der Waals surface area contributed by atoms with Crippen LogP contribution in [0.1, 0.15) is 29.5 Å². The van der Waals surface area contributed by atoms with E-state index in [0.717, 1.165) is 31.4 Å². The summed E-state index contributed by atoms with van der Waals surface area (Å²) in [7, 11) is 0. The predicted octanol–water partition coefficient (Wildman–Crippen LogP) is 1.77. The molecule has 0 amide bonds. The molecule has 14 heavy (non-hydrogen) atoms. The molecule has 0 saturated heterocycles. The summed E-state index contributed by atoms with van der Waals surface area (Å²) in [4.78, 5) is 0. The lowest BCUT2D eigenvalue weighted by Crippen LogP contribution is -1.99. The van der Waals surface area contributed by atoms with Gasteiger partial charge >= 0.3 is 0 Å². The molecule has 0 atom stereocenters. The zero-order valence-electron chi connectivity index (χ0n) is 8.79. The Balaban J connectivity index is 2.62. The van der Waals surface area contributed by atoms with Crippen molar-refractivity contribution in [1.82, 2.24) is 0 Å². The topological polar surface area (TPSA) is 46.2 Å². The van der Waals surface area contributed by atoms with Crippen molar-refractivity contribution in [3.8, 4) is 0 Å². The summed E-state index contributed by atoms with van der Waals surface area (Å²) in [6.07, 6.45) is 3.26. The van der Waals surface area contributed by atoms with Crippen LogP contribution in [0.2, 0.25) is 0 Å². The third kappa shape index (κ3) is 3.48. The molecule has 0 aliphatic carbocycles. The van der Waals surface area contributed by atoms with Gasteiger partial charge in [-0.25, -0.2) is 0 Å². The van der Waals surface area contributed by atoms with E-state index < -0.39 is 0 Å². The van der Waals surface area contributed by atoms with Crippen molar-refractivity contribution in [2.75, 3.05) is 6.54 Å². The minimum atomic E-state index is 0.131. The average Bonchev–Trinajstić information content (AvgIpc) is 2.17. The molecule has 0 unspecified atom stereocenters. The van der Waals surface area contributed by atoms with Crippen molar-refractivity contribution in [3.63, 3.8) is 0 Å². The highest BCUT2D eigenvalue weighted by atomic mass is 16.3. The second-order valence-electron chi connectivity index (χ2n) is 3.73. The molecule has 0 saturated carbocycles. The second-order valence-corrected chi connectivity index (χ2v) is 3.73. The minimum absolute atomic E-state index is 0.131. The van der Waals surface area contributed by atoms with E-state index in [2.05, 4.69) is 19.1 Å². The maximum absolute atomic E-state index is 9.04. The largest absolute Gasteiger partial charge is 0.392 e. The third-order valence-corrected chi connectivity index (χ3v) is 2.30. The monoisotopic (exact) mass is 193 g/mol. The van der Waals surface area contributed by atoms with Gasteiger partial charge in [0.1, 0.15) is 0 Å². The molecule has 1 aromatic rings. The van der Waals surface area contributed by atoms with Crippen molar-refractivity contribution in [3.05, 3.63) is 34.9 Å². The predicted molar refractivity (Wildman–Crippen MR) is 59.1 cm³/mol. The first-order valence-corrected chi connectivity index (χ1v) is 5.16. The number of hydrogen-bond acceptors (Lipinski definition) is 2. The summed E-state index contributed by atoms with van der Waals surface area (Å²) in [6, 6.07) is 6.27. The fourth-order valence-corrected chi connectivity index (χ4v) is 1.66. The van der Waals surface area contributed by atoms with Crippen LogP contribution in [-0.2, 0) is 13.0 Å². The summed E-state index contributed by atoms with van der Waals surface area (Å²) in [5, 5.41) is 9.04. The van der Waals surface area contributed by atoms with E-state index in [0.29, 0.717) is 0 Å². The highest BCUT2D eigenvalue weighted by molar-refractivity contribution is 5.29. The molecular formula is C12H19NO. The van der Waals surface area contributed by atoms with E-state index >= 15 is 0 Å². The van der Waals surface area contributed by atoms with Crippen LogP contribution < -0.4 is 5.73 Å². The molecule has 0 fully saturated rings. The standard InChI is InChI=1S/C12H19NO/c1-10-6-11(4-2-3-5-13)8-12(7-10)9-14/h6-8,14H,2-5,9,13H2,1H3. The van der Waals surface area contributed by atoms with Crippen molar-refractivity contribution in [2.45, 2.75) is 32.8 Å². The van der Waals surface area contributed by atoms with Crippen LogP contribution in [0, 0.1) is 6.92 Å². The number of aliphatic hydroxyl groups excluding tert-OH is 1. The van der Waals surface area contributed by atoms with E-state index in [1.165, 1.54) is 11.1 Å². The number of unbranched alkanes of at least 4 members (excludes halogenated alkanes) is 1. The zero-order chi connectivity index (χ0) is 10.4. The molecule has 2 nitrogen and oxygen atoms in total. The van der Waals surface area contributed by atoms with Crippen LogP contribution >= 0.6 is 0 Å². The average molecular weight is 193 g/mol. The summed E-state index contributed by atoms with van der Waals surface area (Å²) in [5.74, 6) is 0. The molecular weight excluding hydrogens is 174 g/mol. The van der Waals surface area contributed by atoms with Crippen LogP contribution in [0.25, 0.3) is 0 Å². The first-order valence-electron chi connectivity index (χ1n) is 5.16. The second kappa shape index (κ2) is 5.78. The summed E-state index contributed by atoms with van der Waals surface area (Å²) in [6.45, 7) is 2.95. The first kappa shape index (κ1) is 11.2. The van der Waals surface area contributed by atoms with Crippen LogP contribution in [0.15, 0.2) is 18.2 Å². The van der Waals surface area contributed by atoms with E-state index in [-0.39, 0.29) is 6.61 Å². The highest BCUT2D eigenvalue weighted by Crippen LogP contribution is 2.12. The molecule has 0 aliphatic heterocycles. The van der Waals surface area contributed by atoms with Gasteiger partial charge in [-0.1, -0.05) is 23.8 Å². The molecule has 2 heteroatoms. The number of aryl methyl sites for hydroxylation is 2. The molecule has 0 aromatic heterocycles. The third-order valence-electron chi connectivity index (χ3n) is 2.30. The van der Waals surface area contributed by atoms with Gasteiger partial charge in [0.15, 0.2) is 0 Å². The van der Waals surface area contributed by atoms with Crippen LogP contribution in [0.4, 0.5) is 0 Å². The SMILES string of the molecule is Cc1cc(CO)cc(CCCCN)c1. The van der Waals surface area contributed by atoms with Gasteiger partial charge in [0.25, 0.3) is 0 Å². The molecule has 1 rings (SSSR count). The molecule has 0 bridgehead atoms. The Bertz CT molecular complexity index is 284. The van der Waals surface area contributed by atoms with Gasteiger partial charge in [-0.05, 0) is 43.9 Å². The molecule has 0 aliphatic rings. The maximum atomic E-state index is 9.04. The Hall–Kier alpha value is -0.860. The van der Waals surface area contributed by atoms with Gasteiger partial charge in [0.2, 0.25) is 0 Å². The lowest BCUT2D eigenvalue weighted by atomic mass is 10.0. The minimum Gasteiger partial charge on any atom is -0.392 e. The molecule has 0 heterocycles. The van der Waals surface area contributed by atoms with E-state index in [9.17, 15) is 0 Å². The Labute approximate surface area is 85.8 Å². The van der Waals surface area contributed by atoms with Crippen molar-refractivity contribution in [2.24, 2.45) is 5.73 Å². The Morgan fingerprint density at radius 2 is 1.86 bits per heavy atom. The summed E-state index contributed by atoms with van der Waals surface area (Å²) in [5.41, 5.74) is 8.98. The van der Waals surface area contributed by atoms with Crippen molar-refractivity contribution < 1.29 is 5.11 Å². The molecule has 78 valence electrons. The van der Waals surface area contributed by atoms with Gasteiger partial charge in [-0.3, -0.25) is 0 Å². The lowest BCUT2D eigenvalue weighted by molar-refractivity contribution is 0.281. The zero-order valence-corrected chi connectivity index (χ0v) is 8.79. The Kier molecular flexibility index (Phi) is 4.63. The Morgan fingerprint density at radius 1 is 1.14 bits per heavy atom. The number of hydrogen-bond donors (Lipinski definition) is 2. The van der Waals surface area contributed by atoms with Gasteiger partial charge < -0.3 is 10.8 Å². The van der Waals surface area contributed by atoms with Crippen LogP contribution in [0.5, 0.6) is 0 Å². The van der Waals surface area contributed by atoms with Gasteiger partial charge in [-0.15, -0.1) is 0 Å². The van der Waals surface area contributed by atoms with Crippen molar-refractivity contribution >= 4 is 0 Å². The fourth-order valence-electron chi connectivity index (χ4n) is 1.66. The van der Waals surface area contributed by atoms with Gasteiger partial charge in [0.05, 0.1) is 6.61 Å². The Morgan fingerprint density at radius 3 is 2.50 bits per heavy atom. The summed E-state index contributed by atoms with van der Waals surface area (Å²) < 4.78 is 0. The van der Waals surface area contributed by atoms with Gasteiger partial charge in [0, 0.05) is 0 Å². The highest BCUT2D eigenvalue weighted by Gasteiger charge is 1.97. The molecule has 0 spiro atoms. The molecule has 0 radical (unpaired) electrons. The quantitative estimate of drug-likeness (QED) is 0.700. The smallest absolute Gasteiger partial charge is 0.0682 e. The number of aliphatic hydroxyl groups is 1. The molecule has 1 aromatic carbocycles. The maximum Gasteiger partial charge on any atom is 0.0682 e. The number of rotatable bonds is 5.